The molecule has 0 bridgehead atoms. The first-order valence-corrected chi connectivity index (χ1v) is 10.6. The summed E-state index contributed by atoms with van der Waals surface area (Å²) in [6.45, 7) is 0.0108. The molecule has 0 radical (unpaired) electrons. The Labute approximate surface area is 175 Å². The third kappa shape index (κ3) is 5.41. The van der Waals surface area contributed by atoms with Crippen molar-refractivity contribution in [2.45, 2.75) is 10.9 Å². The number of carbonyl (C=O) groups excluding carboxylic acids is 1. The lowest BCUT2D eigenvalue weighted by molar-refractivity contribution is 0.102. The normalized spacial score (nSPS) is 12.2. The minimum atomic E-state index is -3.70. The number of benzene rings is 2. The Morgan fingerprint density at radius 1 is 1.03 bits per heavy atom. The number of sulfonamides is 1. The van der Waals surface area contributed by atoms with Crippen molar-refractivity contribution in [3.05, 3.63) is 84.2 Å². The Morgan fingerprint density at radius 3 is 2.27 bits per heavy atom. The van der Waals surface area contributed by atoms with Gasteiger partial charge < -0.3 is 15.8 Å². The highest BCUT2D eigenvalue weighted by Crippen LogP contribution is 2.17. The molecule has 1 aromatic heterocycles. The summed E-state index contributed by atoms with van der Waals surface area (Å²) in [4.78, 5) is 16.3. The third-order valence-electron chi connectivity index (χ3n) is 4.40. The fourth-order valence-electron chi connectivity index (χ4n) is 2.68. The van der Waals surface area contributed by atoms with E-state index < -0.39 is 16.1 Å². The minimum absolute atomic E-state index is 0.0108. The van der Waals surface area contributed by atoms with Crippen molar-refractivity contribution in [2.75, 3.05) is 19.0 Å². The fourth-order valence-corrected chi connectivity index (χ4v) is 3.74. The van der Waals surface area contributed by atoms with E-state index >= 15 is 0 Å². The third-order valence-corrected chi connectivity index (χ3v) is 5.84. The lowest BCUT2D eigenvalue weighted by Gasteiger charge is -2.14. The van der Waals surface area contributed by atoms with Gasteiger partial charge in [0.25, 0.3) is 5.91 Å². The zero-order valence-corrected chi connectivity index (χ0v) is 17.1. The molecule has 9 heteroatoms. The predicted octanol–water partition coefficient (Wildman–Crippen LogP) is 2.32. The number of amides is 1. The van der Waals surface area contributed by atoms with E-state index in [1.54, 1.807) is 60.9 Å². The Kier molecular flexibility index (Phi) is 6.78. The van der Waals surface area contributed by atoms with Gasteiger partial charge in [-0.05, 0) is 54.1 Å². The van der Waals surface area contributed by atoms with Gasteiger partial charge in [0.15, 0.2) is 0 Å². The minimum Gasteiger partial charge on any atom is -0.497 e. The number of nitrogens with zero attached hydrogens (tertiary/aromatic N) is 1. The van der Waals surface area contributed by atoms with Crippen LogP contribution in [0.15, 0.2) is 78.0 Å². The van der Waals surface area contributed by atoms with Gasteiger partial charge in [-0.2, -0.15) is 0 Å². The number of aromatic nitrogens is 1. The monoisotopic (exact) mass is 426 g/mol. The van der Waals surface area contributed by atoms with Gasteiger partial charge in [-0.25, -0.2) is 13.1 Å². The van der Waals surface area contributed by atoms with Gasteiger partial charge in [-0.15, -0.1) is 0 Å². The van der Waals surface area contributed by atoms with E-state index in [9.17, 15) is 13.2 Å². The molecule has 3 rings (SSSR count). The van der Waals surface area contributed by atoms with Gasteiger partial charge in [0, 0.05) is 36.2 Å². The van der Waals surface area contributed by atoms with E-state index in [1.165, 1.54) is 19.2 Å². The highest BCUT2D eigenvalue weighted by Gasteiger charge is 2.16. The summed E-state index contributed by atoms with van der Waals surface area (Å²) in [5.74, 6) is 0.306. The van der Waals surface area contributed by atoms with Gasteiger partial charge in [-0.1, -0.05) is 12.1 Å². The standard InChI is InChI=1S/C21H22N4O4S/c1-29-18-6-8-19(9-7-18)30(27,28)24-14-20(22)15-2-4-16(5-3-15)21(26)25-17-10-12-23-13-11-17/h2-13,20,24H,14,22H2,1H3,(H,23,25,26). The van der Waals surface area contributed by atoms with Crippen LogP contribution in [0.1, 0.15) is 22.0 Å². The van der Waals surface area contributed by atoms with Crippen molar-refractivity contribution in [3.8, 4) is 5.75 Å². The average Bonchev–Trinajstić information content (AvgIpc) is 2.78. The van der Waals surface area contributed by atoms with Crippen molar-refractivity contribution in [3.63, 3.8) is 0 Å². The van der Waals surface area contributed by atoms with Crippen molar-refractivity contribution < 1.29 is 17.9 Å². The maximum Gasteiger partial charge on any atom is 0.255 e. The van der Waals surface area contributed by atoms with E-state index in [0.29, 0.717) is 22.6 Å². The van der Waals surface area contributed by atoms with Crippen LogP contribution in [0.3, 0.4) is 0 Å². The zero-order chi connectivity index (χ0) is 21.6. The van der Waals surface area contributed by atoms with Crippen molar-refractivity contribution in [2.24, 2.45) is 5.73 Å². The second kappa shape index (κ2) is 9.49. The maximum absolute atomic E-state index is 12.4. The van der Waals surface area contributed by atoms with Crippen molar-refractivity contribution >= 4 is 21.6 Å². The molecule has 0 fully saturated rings. The molecule has 156 valence electrons. The van der Waals surface area contributed by atoms with Gasteiger partial charge >= 0.3 is 0 Å². The molecule has 1 atom stereocenters. The largest absolute Gasteiger partial charge is 0.497 e. The van der Waals surface area contributed by atoms with Crippen LogP contribution < -0.4 is 20.5 Å². The summed E-state index contributed by atoms with van der Waals surface area (Å²) in [6.07, 6.45) is 3.18. The number of carbonyl (C=O) groups is 1. The van der Waals surface area contributed by atoms with E-state index in [2.05, 4.69) is 15.0 Å². The zero-order valence-electron chi connectivity index (χ0n) is 16.3. The molecule has 0 saturated heterocycles. The first kappa shape index (κ1) is 21.4. The van der Waals surface area contributed by atoms with Crippen LogP contribution in [0.4, 0.5) is 5.69 Å². The van der Waals surface area contributed by atoms with Gasteiger partial charge in [0.05, 0.1) is 12.0 Å². The highest BCUT2D eigenvalue weighted by atomic mass is 32.2. The molecule has 4 N–H and O–H groups in total. The second-order valence-electron chi connectivity index (χ2n) is 6.45. The van der Waals surface area contributed by atoms with Crippen LogP contribution in [0.5, 0.6) is 5.75 Å². The first-order chi connectivity index (χ1) is 14.4. The number of rotatable bonds is 8. The number of anilines is 1. The fraction of sp³-hybridized carbons (Fsp3) is 0.143. The number of nitrogens with two attached hydrogens (primary N) is 1. The summed E-state index contributed by atoms with van der Waals surface area (Å²) in [7, 11) is -2.19. The molecule has 0 aliphatic rings. The summed E-state index contributed by atoms with van der Waals surface area (Å²) in [6, 6.07) is 15.6. The molecule has 1 amide bonds. The molecule has 1 heterocycles. The van der Waals surface area contributed by atoms with E-state index in [-0.39, 0.29) is 17.3 Å². The highest BCUT2D eigenvalue weighted by molar-refractivity contribution is 7.89. The van der Waals surface area contributed by atoms with E-state index in [1.807, 2.05) is 0 Å². The van der Waals surface area contributed by atoms with Gasteiger partial charge in [0.2, 0.25) is 10.0 Å². The Hall–Kier alpha value is -3.27. The summed E-state index contributed by atoms with van der Waals surface area (Å²) in [5.41, 5.74) is 7.93. The summed E-state index contributed by atoms with van der Waals surface area (Å²) >= 11 is 0. The molecule has 8 nitrogen and oxygen atoms in total. The van der Waals surface area contributed by atoms with Crippen LogP contribution in [-0.2, 0) is 10.0 Å². The van der Waals surface area contributed by atoms with Crippen LogP contribution >= 0.6 is 0 Å². The van der Waals surface area contributed by atoms with Crippen LogP contribution in [0, 0.1) is 0 Å². The molecule has 0 aliphatic carbocycles. The first-order valence-electron chi connectivity index (χ1n) is 9.10. The number of methoxy groups -OCH3 is 1. The van der Waals surface area contributed by atoms with Crippen molar-refractivity contribution in [1.29, 1.82) is 0 Å². The van der Waals surface area contributed by atoms with Crippen molar-refractivity contribution in [1.82, 2.24) is 9.71 Å². The maximum atomic E-state index is 12.4. The van der Waals surface area contributed by atoms with E-state index in [0.717, 1.165) is 0 Å². The Balaban J connectivity index is 1.60. The molecule has 30 heavy (non-hydrogen) atoms. The molecule has 0 aliphatic heterocycles. The SMILES string of the molecule is COc1ccc(S(=O)(=O)NCC(N)c2ccc(C(=O)Nc3ccncc3)cc2)cc1. The quantitative estimate of drug-likeness (QED) is 0.508. The molecular weight excluding hydrogens is 404 g/mol. The molecule has 0 spiro atoms. The number of pyridine rings is 1. The topological polar surface area (TPSA) is 123 Å². The van der Waals surface area contributed by atoms with Gasteiger partial charge in [-0.3, -0.25) is 9.78 Å². The molecule has 2 aromatic carbocycles. The number of hydrogen-bond donors (Lipinski definition) is 3. The number of nitrogens with one attached hydrogen (secondary N) is 2. The smallest absolute Gasteiger partial charge is 0.255 e. The lowest BCUT2D eigenvalue weighted by atomic mass is 10.1. The van der Waals surface area contributed by atoms with Crippen LogP contribution in [0.25, 0.3) is 0 Å². The van der Waals surface area contributed by atoms with Crippen LogP contribution in [-0.4, -0.2) is 33.0 Å². The molecular formula is C21H22N4O4S. The summed E-state index contributed by atoms with van der Waals surface area (Å²) in [5, 5.41) is 2.77. The summed E-state index contributed by atoms with van der Waals surface area (Å²) < 4.78 is 32.4. The Morgan fingerprint density at radius 2 is 1.67 bits per heavy atom. The second-order valence-corrected chi connectivity index (χ2v) is 8.21. The number of hydrogen-bond acceptors (Lipinski definition) is 6. The lowest BCUT2D eigenvalue weighted by Crippen LogP contribution is -2.32. The molecule has 1 unspecified atom stereocenters. The molecule has 3 aromatic rings. The number of ether oxygens (including phenoxy) is 1. The van der Waals surface area contributed by atoms with Crippen LogP contribution in [0.2, 0.25) is 0 Å². The average molecular weight is 426 g/mol. The van der Waals surface area contributed by atoms with E-state index in [4.69, 9.17) is 10.5 Å². The van der Waals surface area contributed by atoms with Gasteiger partial charge in [0.1, 0.15) is 5.75 Å². The Bertz CT molecular complexity index is 1090. The predicted molar refractivity (Wildman–Crippen MR) is 114 cm³/mol. The molecule has 0 saturated carbocycles.